The Bertz CT molecular complexity index is 623. The molecule has 0 atom stereocenters. The van der Waals surface area contributed by atoms with E-state index in [1.807, 2.05) is 56.3 Å². The number of likely N-dealkylation sites (N-methyl/N-ethyl adjacent to an activating group) is 1. The van der Waals surface area contributed by atoms with E-state index in [0.717, 1.165) is 16.8 Å². The first-order chi connectivity index (χ1) is 10.6. The number of aryl methyl sites for hydroxylation is 2. The largest absolute Gasteiger partial charge is 0.367 e. The van der Waals surface area contributed by atoms with Gasteiger partial charge in [-0.15, -0.1) is 0 Å². The number of amides is 1. The van der Waals surface area contributed by atoms with E-state index < -0.39 is 0 Å². The Hall–Kier alpha value is -2.13. The fourth-order valence-corrected chi connectivity index (χ4v) is 2.50. The lowest BCUT2D eigenvalue weighted by Crippen LogP contribution is -2.34. The predicted molar refractivity (Wildman–Crippen MR) is 90.0 cm³/mol. The van der Waals surface area contributed by atoms with Crippen LogP contribution in [0.2, 0.25) is 0 Å². The van der Waals surface area contributed by atoms with Gasteiger partial charge in [-0.1, -0.05) is 48.0 Å². The van der Waals surface area contributed by atoms with Gasteiger partial charge < -0.3 is 9.64 Å². The molecule has 0 aliphatic rings. The molecule has 3 nitrogen and oxygen atoms in total. The zero-order valence-corrected chi connectivity index (χ0v) is 13.5. The van der Waals surface area contributed by atoms with Crippen LogP contribution in [-0.2, 0) is 16.1 Å². The van der Waals surface area contributed by atoms with Crippen molar-refractivity contribution < 1.29 is 9.53 Å². The molecule has 0 aromatic heterocycles. The lowest BCUT2D eigenvalue weighted by molar-refractivity contribution is -0.123. The summed E-state index contributed by atoms with van der Waals surface area (Å²) in [6.45, 7) is 7.25. The van der Waals surface area contributed by atoms with Crippen molar-refractivity contribution in [2.75, 3.05) is 18.1 Å². The third-order valence-corrected chi connectivity index (χ3v) is 3.60. The normalized spacial score (nSPS) is 10.5. The molecular weight excluding hydrogens is 274 g/mol. The van der Waals surface area contributed by atoms with Crippen LogP contribution in [0.25, 0.3) is 0 Å². The van der Waals surface area contributed by atoms with E-state index in [9.17, 15) is 4.79 Å². The Balaban J connectivity index is 1.97. The average molecular weight is 297 g/mol. The van der Waals surface area contributed by atoms with Crippen molar-refractivity contribution in [1.82, 2.24) is 0 Å². The number of anilines is 1. The number of hydrogen-bond acceptors (Lipinski definition) is 2. The van der Waals surface area contributed by atoms with Crippen LogP contribution in [0.3, 0.4) is 0 Å². The zero-order chi connectivity index (χ0) is 15.9. The average Bonchev–Trinajstić information content (AvgIpc) is 2.51. The molecule has 0 saturated carbocycles. The van der Waals surface area contributed by atoms with Crippen LogP contribution >= 0.6 is 0 Å². The molecule has 0 bridgehead atoms. The Labute approximate surface area is 132 Å². The molecule has 2 rings (SSSR count). The van der Waals surface area contributed by atoms with Crippen molar-refractivity contribution in [3.8, 4) is 0 Å². The van der Waals surface area contributed by atoms with E-state index in [2.05, 4.69) is 13.0 Å². The maximum absolute atomic E-state index is 12.4. The molecule has 0 aliphatic carbocycles. The van der Waals surface area contributed by atoms with Gasteiger partial charge in [0, 0.05) is 12.2 Å². The highest BCUT2D eigenvalue weighted by atomic mass is 16.5. The molecule has 1 amide bonds. The number of ether oxygens (including phenoxy) is 1. The van der Waals surface area contributed by atoms with Crippen molar-refractivity contribution >= 4 is 11.6 Å². The fraction of sp³-hybridized carbons (Fsp3) is 0.316. The first-order valence-electron chi connectivity index (χ1n) is 7.61. The third-order valence-electron chi connectivity index (χ3n) is 3.60. The lowest BCUT2D eigenvalue weighted by atomic mass is 10.1. The molecule has 0 aliphatic heterocycles. The Morgan fingerprint density at radius 1 is 1.09 bits per heavy atom. The molecule has 0 spiro atoms. The molecule has 0 heterocycles. The van der Waals surface area contributed by atoms with Crippen LogP contribution in [0.4, 0.5) is 5.69 Å². The second-order valence-corrected chi connectivity index (χ2v) is 5.41. The summed E-state index contributed by atoms with van der Waals surface area (Å²) in [5.74, 6) is -0.00890. The number of nitrogens with zero attached hydrogens (tertiary/aromatic N) is 1. The first-order valence-corrected chi connectivity index (χ1v) is 7.61. The predicted octanol–water partition coefficient (Wildman–Crippen LogP) is 3.87. The van der Waals surface area contributed by atoms with E-state index >= 15 is 0 Å². The highest BCUT2D eigenvalue weighted by Crippen LogP contribution is 2.21. The lowest BCUT2D eigenvalue weighted by Gasteiger charge is -2.23. The Morgan fingerprint density at radius 3 is 2.45 bits per heavy atom. The number of benzene rings is 2. The van der Waals surface area contributed by atoms with E-state index in [0.29, 0.717) is 13.2 Å². The van der Waals surface area contributed by atoms with Crippen LogP contribution in [0, 0.1) is 13.8 Å². The van der Waals surface area contributed by atoms with Gasteiger partial charge in [0.25, 0.3) is 5.91 Å². The number of rotatable bonds is 6. The van der Waals surface area contributed by atoms with Gasteiger partial charge in [0.1, 0.15) is 6.61 Å². The molecular formula is C19H23NO2. The highest BCUT2D eigenvalue weighted by molar-refractivity contribution is 5.95. The molecule has 116 valence electrons. The van der Waals surface area contributed by atoms with Gasteiger partial charge in [-0.3, -0.25) is 4.79 Å². The van der Waals surface area contributed by atoms with Gasteiger partial charge >= 0.3 is 0 Å². The van der Waals surface area contributed by atoms with Crippen molar-refractivity contribution in [3.05, 3.63) is 65.2 Å². The first kappa shape index (κ1) is 16.2. The summed E-state index contributed by atoms with van der Waals surface area (Å²) in [6, 6.07) is 16.0. The molecule has 0 fully saturated rings. The maximum Gasteiger partial charge on any atom is 0.252 e. The topological polar surface area (TPSA) is 29.5 Å². The van der Waals surface area contributed by atoms with E-state index in [1.54, 1.807) is 4.90 Å². The summed E-state index contributed by atoms with van der Waals surface area (Å²) in [7, 11) is 0. The second kappa shape index (κ2) is 7.76. The molecule has 2 aromatic rings. The molecule has 0 unspecified atom stereocenters. The molecule has 0 radical (unpaired) electrons. The minimum Gasteiger partial charge on any atom is -0.367 e. The van der Waals surface area contributed by atoms with Crippen LogP contribution in [0.15, 0.2) is 48.5 Å². The third kappa shape index (κ3) is 4.18. The molecule has 22 heavy (non-hydrogen) atoms. The van der Waals surface area contributed by atoms with Crippen molar-refractivity contribution in [1.29, 1.82) is 0 Å². The monoisotopic (exact) mass is 297 g/mol. The maximum atomic E-state index is 12.4. The number of hydrogen-bond donors (Lipinski definition) is 0. The van der Waals surface area contributed by atoms with Gasteiger partial charge in [0.2, 0.25) is 0 Å². The second-order valence-electron chi connectivity index (χ2n) is 5.41. The van der Waals surface area contributed by atoms with Gasteiger partial charge in [-0.05, 0) is 38.0 Å². The van der Waals surface area contributed by atoms with Gasteiger partial charge in [-0.2, -0.15) is 0 Å². The highest BCUT2D eigenvalue weighted by Gasteiger charge is 2.15. The molecule has 0 saturated heterocycles. The standard InChI is InChI=1S/C19H23NO2/c1-4-20(18-11-10-15(2)12-16(18)3)19(21)14-22-13-17-8-6-5-7-9-17/h5-12H,4,13-14H2,1-3H3. The summed E-state index contributed by atoms with van der Waals surface area (Å²) in [5.41, 5.74) is 4.34. The quantitative estimate of drug-likeness (QED) is 0.810. The van der Waals surface area contributed by atoms with Crippen LogP contribution in [-0.4, -0.2) is 19.1 Å². The Morgan fingerprint density at radius 2 is 1.82 bits per heavy atom. The summed E-state index contributed by atoms with van der Waals surface area (Å²) >= 11 is 0. The molecule has 2 aromatic carbocycles. The summed E-state index contributed by atoms with van der Waals surface area (Å²) in [5, 5.41) is 0. The zero-order valence-electron chi connectivity index (χ0n) is 13.5. The van der Waals surface area contributed by atoms with Gasteiger partial charge in [0.15, 0.2) is 0 Å². The smallest absolute Gasteiger partial charge is 0.252 e. The summed E-state index contributed by atoms with van der Waals surface area (Å²) < 4.78 is 5.56. The van der Waals surface area contributed by atoms with Crippen molar-refractivity contribution in [2.45, 2.75) is 27.4 Å². The molecule has 3 heteroatoms. The summed E-state index contributed by atoms with van der Waals surface area (Å²) in [4.78, 5) is 14.2. The number of carbonyl (C=O) groups is 1. The van der Waals surface area contributed by atoms with E-state index in [4.69, 9.17) is 4.74 Å². The van der Waals surface area contributed by atoms with Crippen molar-refractivity contribution in [2.24, 2.45) is 0 Å². The van der Waals surface area contributed by atoms with Gasteiger partial charge in [0.05, 0.1) is 6.61 Å². The molecule has 0 N–H and O–H groups in total. The summed E-state index contributed by atoms with van der Waals surface area (Å²) in [6.07, 6.45) is 0. The van der Waals surface area contributed by atoms with E-state index in [1.165, 1.54) is 5.56 Å². The minimum absolute atomic E-state index is 0.00890. The SMILES string of the molecule is CCN(C(=O)COCc1ccccc1)c1ccc(C)cc1C. The van der Waals surface area contributed by atoms with E-state index in [-0.39, 0.29) is 12.5 Å². The number of carbonyl (C=O) groups excluding carboxylic acids is 1. The van der Waals surface area contributed by atoms with Crippen molar-refractivity contribution in [3.63, 3.8) is 0 Å². The van der Waals surface area contributed by atoms with Crippen LogP contribution < -0.4 is 4.90 Å². The fourth-order valence-electron chi connectivity index (χ4n) is 2.50. The van der Waals surface area contributed by atoms with Gasteiger partial charge in [-0.25, -0.2) is 0 Å². The van der Waals surface area contributed by atoms with Crippen LogP contribution in [0.1, 0.15) is 23.6 Å². The van der Waals surface area contributed by atoms with Crippen LogP contribution in [0.5, 0.6) is 0 Å². The minimum atomic E-state index is -0.00890. The Kier molecular flexibility index (Phi) is 5.73.